The molecule has 2 bridgehead atoms. The van der Waals surface area contributed by atoms with Crippen LogP contribution < -0.4 is 5.32 Å². The number of rotatable bonds is 2. The zero-order valence-electron chi connectivity index (χ0n) is 10.2. The highest BCUT2D eigenvalue weighted by Crippen LogP contribution is 2.38. The van der Waals surface area contributed by atoms with Gasteiger partial charge in [0.2, 0.25) is 0 Å². The first kappa shape index (κ1) is 11.0. The largest absolute Gasteiger partial charge is 0.393 e. The minimum Gasteiger partial charge on any atom is -0.393 e. The normalized spacial score (nSPS) is 42.2. The molecule has 92 valence electrons. The molecule has 2 N–H and O–H groups in total. The van der Waals surface area contributed by atoms with Crippen molar-refractivity contribution in [1.29, 1.82) is 0 Å². The van der Waals surface area contributed by atoms with Crippen molar-refractivity contribution in [3.63, 3.8) is 0 Å². The van der Waals surface area contributed by atoms with Crippen molar-refractivity contribution in [3.8, 4) is 0 Å². The molecule has 2 aliphatic heterocycles. The molecule has 0 amide bonds. The second kappa shape index (κ2) is 4.66. The molecule has 0 spiro atoms. The number of hydrogen-bond acceptors (Lipinski definition) is 2. The lowest BCUT2D eigenvalue weighted by molar-refractivity contribution is 0.0135. The van der Waals surface area contributed by atoms with Gasteiger partial charge in [-0.25, -0.2) is 0 Å². The Morgan fingerprint density at radius 3 is 2.06 bits per heavy atom. The van der Waals surface area contributed by atoms with E-state index in [1.807, 2.05) is 0 Å². The number of hydrogen-bond donors (Lipinski definition) is 2. The highest BCUT2D eigenvalue weighted by Gasteiger charge is 2.38. The topological polar surface area (TPSA) is 32.3 Å². The SMILES string of the molecule is OC(C1CCCCC1)C1CC2CCC(C1)N2. The molecule has 2 heteroatoms. The van der Waals surface area contributed by atoms with Crippen LogP contribution in [-0.4, -0.2) is 23.3 Å². The van der Waals surface area contributed by atoms with Gasteiger partial charge in [-0.05, 0) is 50.4 Å². The molecule has 2 heterocycles. The molecule has 2 nitrogen and oxygen atoms in total. The molecule has 1 saturated carbocycles. The van der Waals surface area contributed by atoms with Crippen LogP contribution in [0.1, 0.15) is 57.8 Å². The zero-order valence-corrected chi connectivity index (χ0v) is 10.2. The van der Waals surface area contributed by atoms with E-state index in [4.69, 9.17) is 0 Å². The van der Waals surface area contributed by atoms with Gasteiger partial charge in [-0.15, -0.1) is 0 Å². The first-order chi connectivity index (χ1) is 7.83. The fraction of sp³-hybridized carbons (Fsp3) is 1.00. The van der Waals surface area contributed by atoms with Crippen LogP contribution >= 0.6 is 0 Å². The first-order valence-electron chi connectivity index (χ1n) is 7.27. The van der Waals surface area contributed by atoms with Crippen LogP contribution in [0.4, 0.5) is 0 Å². The van der Waals surface area contributed by atoms with Gasteiger partial charge in [0.1, 0.15) is 0 Å². The van der Waals surface area contributed by atoms with Crippen LogP contribution in [0.5, 0.6) is 0 Å². The fourth-order valence-corrected chi connectivity index (χ4v) is 4.24. The number of piperidine rings is 1. The lowest BCUT2D eigenvalue weighted by Gasteiger charge is -2.37. The summed E-state index contributed by atoms with van der Waals surface area (Å²) in [7, 11) is 0. The smallest absolute Gasteiger partial charge is 0.0597 e. The average molecular weight is 223 g/mol. The van der Waals surface area contributed by atoms with Gasteiger partial charge in [0, 0.05) is 12.1 Å². The molecule has 2 saturated heterocycles. The molecule has 1 aliphatic carbocycles. The maximum Gasteiger partial charge on any atom is 0.0597 e. The molecule has 0 aromatic heterocycles. The maximum absolute atomic E-state index is 10.5. The van der Waals surface area contributed by atoms with Crippen molar-refractivity contribution >= 4 is 0 Å². The third kappa shape index (κ3) is 2.14. The Kier molecular flexibility index (Phi) is 3.21. The number of aliphatic hydroxyl groups is 1. The summed E-state index contributed by atoms with van der Waals surface area (Å²) in [6, 6.07) is 1.45. The van der Waals surface area contributed by atoms with E-state index in [1.54, 1.807) is 0 Å². The summed E-state index contributed by atoms with van der Waals surface area (Å²) in [5, 5.41) is 14.2. The molecule has 0 aromatic carbocycles. The van der Waals surface area contributed by atoms with Gasteiger partial charge in [-0.1, -0.05) is 19.3 Å². The van der Waals surface area contributed by atoms with E-state index in [-0.39, 0.29) is 6.10 Å². The third-order valence-electron chi connectivity index (χ3n) is 5.13. The predicted octanol–water partition coefficient (Wildman–Crippen LogP) is 2.46. The standard InChI is InChI=1S/C14H25NO/c16-14(10-4-2-1-3-5-10)11-8-12-6-7-13(9-11)15-12/h10-16H,1-9H2. The Hall–Kier alpha value is -0.0800. The van der Waals surface area contributed by atoms with Gasteiger partial charge < -0.3 is 10.4 Å². The molecular weight excluding hydrogens is 198 g/mol. The quantitative estimate of drug-likeness (QED) is 0.753. The summed E-state index contributed by atoms with van der Waals surface area (Å²) in [4.78, 5) is 0. The molecular formula is C14H25NO. The van der Waals surface area contributed by atoms with Crippen molar-refractivity contribution in [3.05, 3.63) is 0 Å². The van der Waals surface area contributed by atoms with Gasteiger partial charge in [0.25, 0.3) is 0 Å². The Morgan fingerprint density at radius 1 is 0.812 bits per heavy atom. The highest BCUT2D eigenvalue weighted by atomic mass is 16.3. The molecule has 0 aromatic rings. The third-order valence-corrected chi connectivity index (χ3v) is 5.13. The molecule has 3 atom stereocenters. The van der Waals surface area contributed by atoms with E-state index in [0.29, 0.717) is 11.8 Å². The maximum atomic E-state index is 10.5. The Morgan fingerprint density at radius 2 is 1.44 bits per heavy atom. The van der Waals surface area contributed by atoms with Crippen LogP contribution in [0.15, 0.2) is 0 Å². The van der Waals surface area contributed by atoms with Gasteiger partial charge in [0.05, 0.1) is 6.10 Å². The van der Waals surface area contributed by atoms with Crippen LogP contribution in [0.3, 0.4) is 0 Å². The van der Waals surface area contributed by atoms with Crippen molar-refractivity contribution in [2.24, 2.45) is 11.8 Å². The molecule has 3 unspecified atom stereocenters. The molecule has 16 heavy (non-hydrogen) atoms. The summed E-state index contributed by atoms with van der Waals surface area (Å²) < 4.78 is 0. The molecule has 3 fully saturated rings. The summed E-state index contributed by atoms with van der Waals surface area (Å²) >= 11 is 0. The average Bonchev–Trinajstić information content (AvgIpc) is 2.68. The second-order valence-electron chi connectivity index (χ2n) is 6.26. The first-order valence-corrected chi connectivity index (χ1v) is 7.27. The van der Waals surface area contributed by atoms with Gasteiger partial charge in [0.15, 0.2) is 0 Å². The van der Waals surface area contributed by atoms with Gasteiger partial charge in [-0.3, -0.25) is 0 Å². The van der Waals surface area contributed by atoms with Crippen LogP contribution in [0.2, 0.25) is 0 Å². The van der Waals surface area contributed by atoms with Crippen LogP contribution in [-0.2, 0) is 0 Å². The van der Waals surface area contributed by atoms with Crippen molar-refractivity contribution in [1.82, 2.24) is 5.32 Å². The number of aliphatic hydroxyl groups excluding tert-OH is 1. The highest BCUT2D eigenvalue weighted by molar-refractivity contribution is 4.95. The summed E-state index contributed by atoms with van der Waals surface area (Å²) in [5.74, 6) is 1.22. The minimum atomic E-state index is 0.00509. The number of fused-ring (bicyclic) bond motifs is 2. The second-order valence-corrected chi connectivity index (χ2v) is 6.26. The Labute approximate surface area is 98.8 Å². The van der Waals surface area contributed by atoms with E-state index in [0.717, 1.165) is 12.1 Å². The van der Waals surface area contributed by atoms with Crippen molar-refractivity contribution < 1.29 is 5.11 Å². The van der Waals surface area contributed by atoms with E-state index in [2.05, 4.69) is 5.32 Å². The summed E-state index contributed by atoms with van der Waals surface area (Å²) in [6.45, 7) is 0. The van der Waals surface area contributed by atoms with Crippen molar-refractivity contribution in [2.45, 2.75) is 76.0 Å². The molecule has 3 aliphatic rings. The van der Waals surface area contributed by atoms with Crippen molar-refractivity contribution in [2.75, 3.05) is 0 Å². The predicted molar refractivity (Wildman–Crippen MR) is 65.3 cm³/mol. The zero-order chi connectivity index (χ0) is 11.0. The van der Waals surface area contributed by atoms with E-state index >= 15 is 0 Å². The van der Waals surface area contributed by atoms with Gasteiger partial charge in [-0.2, -0.15) is 0 Å². The Bertz CT molecular complexity index is 225. The van der Waals surface area contributed by atoms with E-state index in [9.17, 15) is 5.11 Å². The van der Waals surface area contributed by atoms with Crippen LogP contribution in [0.25, 0.3) is 0 Å². The van der Waals surface area contributed by atoms with E-state index in [1.165, 1.54) is 57.8 Å². The van der Waals surface area contributed by atoms with Crippen LogP contribution in [0, 0.1) is 11.8 Å². The lowest BCUT2D eigenvalue weighted by Crippen LogP contribution is -2.44. The molecule has 3 rings (SSSR count). The summed E-state index contributed by atoms with van der Waals surface area (Å²) in [6.07, 6.45) is 11.8. The lowest BCUT2D eigenvalue weighted by atomic mass is 9.76. The van der Waals surface area contributed by atoms with Gasteiger partial charge >= 0.3 is 0 Å². The van der Waals surface area contributed by atoms with E-state index < -0.39 is 0 Å². The number of nitrogens with one attached hydrogen (secondary N) is 1. The minimum absolute atomic E-state index is 0.00509. The monoisotopic (exact) mass is 223 g/mol. The fourth-order valence-electron chi connectivity index (χ4n) is 4.24. The summed E-state index contributed by atoms with van der Waals surface area (Å²) in [5.41, 5.74) is 0. The Balaban J connectivity index is 1.59. The molecule has 0 radical (unpaired) electrons.